The van der Waals surface area contributed by atoms with Crippen LogP contribution in [0.2, 0.25) is 0 Å². The fraction of sp³-hybridized carbons (Fsp3) is 0.500. The van der Waals surface area contributed by atoms with E-state index in [0.717, 1.165) is 0 Å². The summed E-state index contributed by atoms with van der Waals surface area (Å²) in [4.78, 5) is 13.3. The molecule has 104 valence electrons. The number of likely N-dealkylation sites (N-methyl/N-ethyl adjacent to an activating group) is 1. The number of nitrogens with zero attached hydrogens (tertiary/aromatic N) is 1. The second kappa shape index (κ2) is 5.57. The Bertz CT molecular complexity index is 475. The number of carboxylic acid groups (broad SMARTS) is 1. The minimum absolute atomic E-state index is 0.0266. The van der Waals surface area contributed by atoms with E-state index in [2.05, 4.69) is 10.2 Å². The molecule has 0 bridgehead atoms. The maximum absolute atomic E-state index is 13.7. The summed E-state index contributed by atoms with van der Waals surface area (Å²) in [7, 11) is 2.05. The molecule has 0 aliphatic heterocycles. The number of hydrogen-bond acceptors (Lipinski definition) is 3. The Kier molecular flexibility index (Phi) is 4.04. The van der Waals surface area contributed by atoms with Crippen LogP contribution in [0.4, 0.5) is 10.1 Å². The van der Waals surface area contributed by atoms with Gasteiger partial charge in [-0.25, -0.2) is 9.18 Å². The van der Waals surface area contributed by atoms with Crippen LogP contribution in [0.25, 0.3) is 0 Å². The second-order valence-electron chi connectivity index (χ2n) is 5.09. The molecule has 19 heavy (non-hydrogen) atoms. The number of anilines is 1. The van der Waals surface area contributed by atoms with Crippen LogP contribution in [0.15, 0.2) is 18.2 Å². The van der Waals surface area contributed by atoms with Crippen molar-refractivity contribution in [3.63, 3.8) is 0 Å². The number of carboxylic acids is 1. The standard InChI is InChI=1S/C14H19FN2O2/c1-9(17(2)10-6-7-10)8-16-13-11(14(18)19)4-3-5-12(13)15/h3-5,9-10,16H,6-8H2,1-2H3,(H,18,19). The molecule has 0 heterocycles. The predicted molar refractivity (Wildman–Crippen MR) is 72.1 cm³/mol. The number of hydrogen-bond donors (Lipinski definition) is 2. The molecule has 2 N–H and O–H groups in total. The van der Waals surface area contributed by atoms with E-state index < -0.39 is 11.8 Å². The van der Waals surface area contributed by atoms with Gasteiger partial charge in [0.15, 0.2) is 0 Å². The van der Waals surface area contributed by atoms with Gasteiger partial charge in [0.05, 0.1) is 11.3 Å². The number of benzene rings is 1. The maximum Gasteiger partial charge on any atom is 0.337 e. The van der Waals surface area contributed by atoms with Crippen molar-refractivity contribution < 1.29 is 14.3 Å². The largest absolute Gasteiger partial charge is 0.478 e. The summed E-state index contributed by atoms with van der Waals surface area (Å²) in [6.07, 6.45) is 2.42. The fourth-order valence-electron chi connectivity index (χ4n) is 2.12. The summed E-state index contributed by atoms with van der Waals surface area (Å²) < 4.78 is 13.7. The zero-order valence-corrected chi connectivity index (χ0v) is 11.2. The van der Waals surface area contributed by atoms with Crippen molar-refractivity contribution in [2.45, 2.75) is 31.8 Å². The van der Waals surface area contributed by atoms with Gasteiger partial charge in [0, 0.05) is 18.6 Å². The highest BCUT2D eigenvalue weighted by molar-refractivity contribution is 5.94. The van der Waals surface area contributed by atoms with Crippen LogP contribution in [0.3, 0.4) is 0 Å². The van der Waals surface area contributed by atoms with Gasteiger partial charge in [0.25, 0.3) is 0 Å². The molecule has 0 aromatic heterocycles. The van der Waals surface area contributed by atoms with E-state index in [1.54, 1.807) is 0 Å². The SMILES string of the molecule is CC(CNc1c(F)cccc1C(=O)O)N(C)C1CC1. The van der Waals surface area contributed by atoms with Crippen LogP contribution in [-0.4, -0.2) is 41.7 Å². The summed E-state index contributed by atoms with van der Waals surface area (Å²) >= 11 is 0. The van der Waals surface area contributed by atoms with E-state index in [9.17, 15) is 9.18 Å². The van der Waals surface area contributed by atoms with Gasteiger partial charge in [0.1, 0.15) is 5.82 Å². The lowest BCUT2D eigenvalue weighted by molar-refractivity contribution is 0.0697. The molecule has 1 fully saturated rings. The molecule has 1 aromatic carbocycles. The molecule has 1 saturated carbocycles. The van der Waals surface area contributed by atoms with E-state index in [0.29, 0.717) is 12.6 Å². The minimum atomic E-state index is -1.12. The lowest BCUT2D eigenvalue weighted by Gasteiger charge is -2.25. The van der Waals surface area contributed by atoms with Crippen molar-refractivity contribution in [1.29, 1.82) is 0 Å². The third kappa shape index (κ3) is 3.23. The molecule has 1 unspecified atom stereocenters. The monoisotopic (exact) mass is 266 g/mol. The average molecular weight is 266 g/mol. The molecule has 0 spiro atoms. The van der Waals surface area contributed by atoms with Gasteiger partial charge in [-0.15, -0.1) is 0 Å². The molecule has 1 aliphatic carbocycles. The second-order valence-corrected chi connectivity index (χ2v) is 5.09. The summed E-state index contributed by atoms with van der Waals surface area (Å²) in [5, 5.41) is 12.0. The van der Waals surface area contributed by atoms with Crippen LogP contribution in [0.5, 0.6) is 0 Å². The van der Waals surface area contributed by atoms with Crippen molar-refractivity contribution in [2.24, 2.45) is 0 Å². The Labute approximate surface area is 112 Å². The molecule has 1 aromatic rings. The van der Waals surface area contributed by atoms with Crippen LogP contribution >= 0.6 is 0 Å². The average Bonchev–Trinajstić information content (AvgIpc) is 3.19. The number of nitrogens with one attached hydrogen (secondary N) is 1. The zero-order chi connectivity index (χ0) is 14.0. The Morgan fingerprint density at radius 1 is 1.58 bits per heavy atom. The topological polar surface area (TPSA) is 52.6 Å². The van der Waals surface area contributed by atoms with Crippen molar-refractivity contribution in [3.8, 4) is 0 Å². The quantitative estimate of drug-likeness (QED) is 0.830. The number of aromatic carboxylic acids is 1. The lowest BCUT2D eigenvalue weighted by atomic mass is 10.1. The Morgan fingerprint density at radius 2 is 2.26 bits per heavy atom. The van der Waals surface area contributed by atoms with Crippen molar-refractivity contribution in [2.75, 3.05) is 18.9 Å². The minimum Gasteiger partial charge on any atom is -0.478 e. The molecule has 4 nitrogen and oxygen atoms in total. The van der Waals surface area contributed by atoms with E-state index >= 15 is 0 Å². The van der Waals surface area contributed by atoms with E-state index in [1.807, 2.05) is 14.0 Å². The maximum atomic E-state index is 13.7. The van der Waals surface area contributed by atoms with E-state index in [4.69, 9.17) is 5.11 Å². The van der Waals surface area contributed by atoms with Gasteiger partial charge in [-0.2, -0.15) is 0 Å². The third-order valence-electron chi connectivity index (χ3n) is 3.64. The number of carbonyl (C=O) groups is 1. The number of rotatable bonds is 6. The zero-order valence-electron chi connectivity index (χ0n) is 11.2. The first kappa shape index (κ1) is 13.8. The first-order valence-electron chi connectivity index (χ1n) is 6.48. The molecule has 2 rings (SSSR count). The third-order valence-corrected chi connectivity index (χ3v) is 3.64. The molecule has 1 aliphatic rings. The summed E-state index contributed by atoms with van der Waals surface area (Å²) in [5.41, 5.74) is 0.0484. The highest BCUT2D eigenvalue weighted by atomic mass is 19.1. The van der Waals surface area contributed by atoms with E-state index in [-0.39, 0.29) is 17.3 Å². The number of halogens is 1. The van der Waals surface area contributed by atoms with Gasteiger partial charge in [0.2, 0.25) is 0 Å². The van der Waals surface area contributed by atoms with Crippen LogP contribution in [-0.2, 0) is 0 Å². The highest BCUT2D eigenvalue weighted by Gasteiger charge is 2.29. The van der Waals surface area contributed by atoms with Gasteiger partial charge < -0.3 is 10.4 Å². The lowest BCUT2D eigenvalue weighted by Crippen LogP contribution is -2.36. The van der Waals surface area contributed by atoms with Gasteiger partial charge >= 0.3 is 5.97 Å². The van der Waals surface area contributed by atoms with Gasteiger partial charge in [-0.3, -0.25) is 4.90 Å². The van der Waals surface area contributed by atoms with Crippen molar-refractivity contribution >= 4 is 11.7 Å². The fourth-order valence-corrected chi connectivity index (χ4v) is 2.12. The smallest absolute Gasteiger partial charge is 0.337 e. The highest BCUT2D eigenvalue weighted by Crippen LogP contribution is 2.27. The Balaban J connectivity index is 2.04. The van der Waals surface area contributed by atoms with Crippen LogP contribution < -0.4 is 5.32 Å². The molecular formula is C14H19FN2O2. The van der Waals surface area contributed by atoms with Crippen molar-refractivity contribution in [1.82, 2.24) is 4.90 Å². The molecular weight excluding hydrogens is 247 g/mol. The van der Waals surface area contributed by atoms with Gasteiger partial charge in [-0.1, -0.05) is 6.07 Å². The molecule has 0 radical (unpaired) electrons. The van der Waals surface area contributed by atoms with Crippen LogP contribution in [0.1, 0.15) is 30.1 Å². The summed E-state index contributed by atoms with van der Waals surface area (Å²) in [5.74, 6) is -1.65. The molecule has 0 amide bonds. The predicted octanol–water partition coefficient (Wildman–Crippen LogP) is 2.42. The molecule has 0 saturated heterocycles. The van der Waals surface area contributed by atoms with E-state index in [1.165, 1.54) is 31.0 Å². The molecule has 5 heteroatoms. The summed E-state index contributed by atoms with van der Waals surface area (Å²) in [6.45, 7) is 2.57. The number of para-hydroxylation sites is 1. The van der Waals surface area contributed by atoms with Gasteiger partial charge in [-0.05, 0) is 38.9 Å². The Hall–Kier alpha value is -1.62. The first-order chi connectivity index (χ1) is 9.00. The Morgan fingerprint density at radius 3 is 2.84 bits per heavy atom. The van der Waals surface area contributed by atoms with Crippen LogP contribution in [0, 0.1) is 5.82 Å². The summed E-state index contributed by atoms with van der Waals surface area (Å²) in [6, 6.07) is 4.93. The molecule has 1 atom stereocenters. The normalized spacial score (nSPS) is 16.4. The van der Waals surface area contributed by atoms with Crippen molar-refractivity contribution in [3.05, 3.63) is 29.6 Å². The first-order valence-corrected chi connectivity index (χ1v) is 6.48.